The zero-order valence-corrected chi connectivity index (χ0v) is 11.6. The van der Waals surface area contributed by atoms with Crippen molar-refractivity contribution in [1.82, 2.24) is 25.1 Å². The molecule has 2 aromatic heterocycles. The third kappa shape index (κ3) is 2.58. The second-order valence-corrected chi connectivity index (χ2v) is 5.39. The number of rotatable bonds is 3. The molecular weight excluding hydrogens is 252 g/mol. The molecule has 1 fully saturated rings. The summed E-state index contributed by atoms with van der Waals surface area (Å²) in [5, 5.41) is 15.9. The van der Waals surface area contributed by atoms with Gasteiger partial charge in [-0.05, 0) is 32.4 Å². The Kier molecular flexibility index (Phi) is 3.52. The second-order valence-electron chi connectivity index (χ2n) is 5.39. The van der Waals surface area contributed by atoms with Crippen LogP contribution >= 0.6 is 0 Å². The Morgan fingerprint density at radius 3 is 3.15 bits per heavy atom. The number of piperidine rings is 1. The van der Waals surface area contributed by atoms with E-state index in [0.29, 0.717) is 5.92 Å². The molecule has 0 bridgehead atoms. The fraction of sp³-hybridized carbons (Fsp3) is 0.500. The maximum Gasteiger partial charge on any atom is 0.137 e. The van der Waals surface area contributed by atoms with Crippen molar-refractivity contribution in [3.05, 3.63) is 35.2 Å². The first kappa shape index (κ1) is 12.9. The average molecular weight is 270 g/mol. The van der Waals surface area contributed by atoms with E-state index in [1.54, 1.807) is 6.33 Å². The van der Waals surface area contributed by atoms with Crippen molar-refractivity contribution in [2.24, 2.45) is 0 Å². The zero-order chi connectivity index (χ0) is 13.9. The van der Waals surface area contributed by atoms with Gasteiger partial charge in [0.1, 0.15) is 18.2 Å². The van der Waals surface area contributed by atoms with E-state index >= 15 is 0 Å². The molecule has 3 rings (SSSR count). The lowest BCUT2D eigenvalue weighted by molar-refractivity contribution is 0.195. The third-order valence-corrected chi connectivity index (χ3v) is 3.91. The van der Waals surface area contributed by atoms with Crippen molar-refractivity contribution in [2.75, 3.05) is 13.1 Å². The van der Waals surface area contributed by atoms with E-state index < -0.39 is 0 Å². The van der Waals surface area contributed by atoms with Crippen LogP contribution in [0, 0.1) is 18.3 Å². The molecule has 0 unspecified atom stereocenters. The van der Waals surface area contributed by atoms with Gasteiger partial charge in [0.2, 0.25) is 0 Å². The summed E-state index contributed by atoms with van der Waals surface area (Å²) >= 11 is 0. The molecule has 2 aromatic rings. The van der Waals surface area contributed by atoms with E-state index in [2.05, 4.69) is 31.1 Å². The molecule has 3 heterocycles. The Morgan fingerprint density at radius 2 is 2.45 bits per heavy atom. The quantitative estimate of drug-likeness (QED) is 0.889. The van der Waals surface area contributed by atoms with E-state index in [9.17, 15) is 0 Å². The molecule has 2 N–H and O–H groups in total. The van der Waals surface area contributed by atoms with Crippen LogP contribution in [0.25, 0.3) is 0 Å². The second kappa shape index (κ2) is 5.47. The van der Waals surface area contributed by atoms with Crippen LogP contribution in [-0.2, 0) is 6.54 Å². The Labute approximate surface area is 117 Å². The molecule has 0 aliphatic carbocycles. The maximum absolute atomic E-state index is 9.00. The third-order valence-electron chi connectivity index (χ3n) is 3.91. The van der Waals surface area contributed by atoms with Crippen molar-refractivity contribution < 1.29 is 0 Å². The highest BCUT2D eigenvalue weighted by Crippen LogP contribution is 2.25. The van der Waals surface area contributed by atoms with Gasteiger partial charge in [-0.3, -0.25) is 10.00 Å². The largest absolute Gasteiger partial charge is 0.360 e. The van der Waals surface area contributed by atoms with E-state index in [1.165, 1.54) is 0 Å². The number of nitrogens with one attached hydrogen (secondary N) is 2. The van der Waals surface area contributed by atoms with Crippen LogP contribution in [0.15, 0.2) is 12.4 Å². The van der Waals surface area contributed by atoms with Crippen LogP contribution in [0.2, 0.25) is 0 Å². The van der Waals surface area contributed by atoms with Crippen molar-refractivity contribution in [2.45, 2.75) is 32.2 Å². The van der Waals surface area contributed by atoms with Gasteiger partial charge in [-0.1, -0.05) is 0 Å². The highest BCUT2D eigenvalue weighted by atomic mass is 15.2. The summed E-state index contributed by atoms with van der Waals surface area (Å²) < 4.78 is 0. The smallest absolute Gasteiger partial charge is 0.137 e. The van der Waals surface area contributed by atoms with Gasteiger partial charge in [-0.15, -0.1) is 0 Å². The summed E-state index contributed by atoms with van der Waals surface area (Å²) in [7, 11) is 0. The van der Waals surface area contributed by atoms with Crippen LogP contribution < -0.4 is 0 Å². The zero-order valence-electron chi connectivity index (χ0n) is 11.6. The molecule has 0 aromatic carbocycles. The van der Waals surface area contributed by atoms with Crippen LogP contribution in [0.5, 0.6) is 0 Å². The minimum Gasteiger partial charge on any atom is -0.360 e. The summed E-state index contributed by atoms with van der Waals surface area (Å²) in [4.78, 5) is 9.97. The molecule has 1 aliphatic rings. The number of nitriles is 1. The number of hydrogen-bond donors (Lipinski definition) is 2. The lowest BCUT2D eigenvalue weighted by Crippen LogP contribution is -2.34. The first-order valence-electron chi connectivity index (χ1n) is 6.92. The topological polar surface area (TPSA) is 84.4 Å². The minimum atomic E-state index is 0.428. The first-order chi connectivity index (χ1) is 9.76. The molecule has 0 amide bonds. The number of nitrogens with zero attached hydrogens (tertiary/aromatic N) is 4. The predicted octanol–water partition coefficient (Wildman–Crippen LogP) is 1.69. The van der Waals surface area contributed by atoms with Crippen LogP contribution in [-0.4, -0.2) is 38.2 Å². The molecule has 0 saturated carbocycles. The Bertz CT molecular complexity index is 606. The molecule has 1 atom stereocenters. The number of hydrogen-bond acceptors (Lipinski definition) is 4. The molecule has 6 heteroatoms. The predicted molar refractivity (Wildman–Crippen MR) is 73.9 cm³/mol. The number of aromatic nitrogens is 4. The van der Waals surface area contributed by atoms with Crippen molar-refractivity contribution in [3.63, 3.8) is 0 Å². The molecule has 104 valence electrons. The normalized spacial score (nSPS) is 19.9. The van der Waals surface area contributed by atoms with Gasteiger partial charge in [-0.2, -0.15) is 10.4 Å². The molecule has 6 nitrogen and oxygen atoms in total. The highest BCUT2D eigenvalue weighted by Gasteiger charge is 2.23. The molecule has 1 saturated heterocycles. The monoisotopic (exact) mass is 270 g/mol. The van der Waals surface area contributed by atoms with E-state index in [4.69, 9.17) is 5.26 Å². The summed E-state index contributed by atoms with van der Waals surface area (Å²) in [6.07, 6.45) is 3.89. The van der Waals surface area contributed by atoms with E-state index in [-0.39, 0.29) is 0 Å². The van der Waals surface area contributed by atoms with Gasteiger partial charge < -0.3 is 4.98 Å². The summed E-state index contributed by atoms with van der Waals surface area (Å²) in [5.74, 6) is 1.41. The Balaban J connectivity index is 1.67. The highest BCUT2D eigenvalue weighted by molar-refractivity contribution is 5.35. The van der Waals surface area contributed by atoms with Gasteiger partial charge in [0.05, 0.1) is 5.56 Å². The van der Waals surface area contributed by atoms with E-state index in [1.807, 2.05) is 13.0 Å². The Morgan fingerprint density at radius 1 is 1.55 bits per heavy atom. The van der Waals surface area contributed by atoms with Gasteiger partial charge in [-0.25, -0.2) is 4.98 Å². The fourth-order valence-electron chi connectivity index (χ4n) is 2.90. The van der Waals surface area contributed by atoms with Gasteiger partial charge in [0, 0.05) is 30.4 Å². The van der Waals surface area contributed by atoms with Gasteiger partial charge in [0.15, 0.2) is 0 Å². The molecule has 0 radical (unpaired) electrons. The maximum atomic E-state index is 9.00. The lowest BCUT2D eigenvalue weighted by Gasteiger charge is -2.31. The first-order valence-corrected chi connectivity index (χ1v) is 6.92. The molecular formula is C14H18N6. The Hall–Kier alpha value is -2.13. The number of likely N-dealkylation sites (tertiary alicyclic amines) is 1. The molecule has 20 heavy (non-hydrogen) atoms. The summed E-state index contributed by atoms with van der Waals surface area (Å²) in [5.41, 5.74) is 2.80. The standard InChI is InChI=1S/C14H18N6/c1-10-12(6-15)5-13(18-10)8-20-4-2-3-11(7-20)14-16-9-17-19-14/h5,9,11,18H,2-4,7-8H2,1H3,(H,16,17,19)/t11-/m0/s1. The van der Waals surface area contributed by atoms with Crippen molar-refractivity contribution in [1.29, 1.82) is 5.26 Å². The lowest BCUT2D eigenvalue weighted by atomic mass is 9.97. The molecule has 0 spiro atoms. The number of aromatic amines is 2. The number of aryl methyl sites for hydroxylation is 1. The fourth-order valence-corrected chi connectivity index (χ4v) is 2.90. The summed E-state index contributed by atoms with van der Waals surface area (Å²) in [6.45, 7) is 4.86. The number of H-pyrrole nitrogens is 2. The van der Waals surface area contributed by atoms with Crippen LogP contribution in [0.4, 0.5) is 0 Å². The molecule has 1 aliphatic heterocycles. The van der Waals surface area contributed by atoms with Crippen molar-refractivity contribution >= 4 is 0 Å². The average Bonchev–Trinajstić information content (AvgIpc) is 3.09. The minimum absolute atomic E-state index is 0.428. The summed E-state index contributed by atoms with van der Waals surface area (Å²) in [6, 6.07) is 4.16. The van der Waals surface area contributed by atoms with Gasteiger partial charge >= 0.3 is 0 Å². The van der Waals surface area contributed by atoms with Crippen LogP contribution in [0.3, 0.4) is 0 Å². The van der Waals surface area contributed by atoms with E-state index in [0.717, 1.165) is 55.3 Å². The van der Waals surface area contributed by atoms with Crippen LogP contribution in [0.1, 0.15) is 41.5 Å². The van der Waals surface area contributed by atoms with Crippen molar-refractivity contribution in [3.8, 4) is 6.07 Å². The van der Waals surface area contributed by atoms with Gasteiger partial charge in [0.25, 0.3) is 0 Å². The SMILES string of the molecule is Cc1[nH]c(CN2CCC[C@H](c3ncn[nH]3)C2)cc1C#N.